The van der Waals surface area contributed by atoms with Crippen molar-refractivity contribution in [2.24, 2.45) is 0 Å². The SMILES string of the molecule is O=C(OCc1ccccc1)C1CCCc2c1c1cccc(Oc3ccccc3)c1n2C(=O)c1ccc2c(c1)OCO2. The minimum Gasteiger partial charge on any atom is -0.460 e. The fourth-order valence-corrected chi connectivity index (χ4v) is 5.78. The Hall–Kier alpha value is -5.04. The summed E-state index contributed by atoms with van der Waals surface area (Å²) in [6, 6.07) is 30.0. The lowest BCUT2D eigenvalue weighted by Gasteiger charge is -2.23. The van der Waals surface area contributed by atoms with Crippen LogP contribution in [0.1, 0.15) is 45.9 Å². The van der Waals surface area contributed by atoms with Gasteiger partial charge in [-0.1, -0.05) is 60.7 Å². The Kier molecular flexibility index (Phi) is 6.39. The van der Waals surface area contributed by atoms with E-state index < -0.39 is 5.92 Å². The molecule has 1 aromatic heterocycles. The van der Waals surface area contributed by atoms with Crippen molar-refractivity contribution < 1.29 is 28.5 Å². The molecule has 2 heterocycles. The number of fused-ring (bicyclic) bond motifs is 4. The number of carbonyl (C=O) groups excluding carboxylic acids is 2. The minimum atomic E-state index is -0.497. The predicted molar refractivity (Wildman–Crippen MR) is 153 cm³/mol. The highest BCUT2D eigenvalue weighted by Crippen LogP contribution is 2.44. The van der Waals surface area contributed by atoms with Crippen LogP contribution in [0.5, 0.6) is 23.0 Å². The van der Waals surface area contributed by atoms with Crippen LogP contribution >= 0.6 is 0 Å². The van der Waals surface area contributed by atoms with Crippen molar-refractivity contribution in [2.45, 2.75) is 31.8 Å². The van der Waals surface area contributed by atoms with Gasteiger partial charge >= 0.3 is 5.97 Å². The van der Waals surface area contributed by atoms with Crippen LogP contribution in [0.3, 0.4) is 0 Å². The molecule has 0 bridgehead atoms. The maximum atomic E-state index is 14.3. The number of benzene rings is 4. The summed E-state index contributed by atoms with van der Waals surface area (Å²) in [6.45, 7) is 0.319. The van der Waals surface area contributed by atoms with Gasteiger partial charge < -0.3 is 18.9 Å². The van der Waals surface area contributed by atoms with E-state index in [1.807, 2.05) is 78.9 Å². The maximum Gasteiger partial charge on any atom is 0.313 e. The van der Waals surface area contributed by atoms with Crippen LogP contribution in [-0.2, 0) is 22.6 Å². The highest BCUT2D eigenvalue weighted by atomic mass is 16.7. The summed E-state index contributed by atoms with van der Waals surface area (Å²) in [5, 5.41) is 0.809. The second-order valence-corrected chi connectivity index (χ2v) is 10.2. The average Bonchev–Trinajstić information content (AvgIpc) is 3.63. The van der Waals surface area contributed by atoms with Crippen LogP contribution in [0.2, 0.25) is 0 Å². The molecule has 0 N–H and O–H groups in total. The van der Waals surface area contributed by atoms with Gasteiger partial charge in [-0.25, -0.2) is 0 Å². The van der Waals surface area contributed by atoms with Gasteiger partial charge in [0.15, 0.2) is 17.2 Å². The molecule has 7 heteroatoms. The molecule has 5 aromatic rings. The van der Waals surface area contributed by atoms with E-state index in [1.54, 1.807) is 22.8 Å². The maximum absolute atomic E-state index is 14.3. The molecule has 1 aliphatic heterocycles. The third-order valence-corrected chi connectivity index (χ3v) is 7.65. The van der Waals surface area contributed by atoms with E-state index in [0.717, 1.165) is 28.6 Å². The Labute approximate surface area is 236 Å². The lowest BCUT2D eigenvalue weighted by Crippen LogP contribution is -2.23. The van der Waals surface area contributed by atoms with Gasteiger partial charge in [0.1, 0.15) is 12.4 Å². The van der Waals surface area contributed by atoms with Crippen molar-refractivity contribution in [3.05, 3.63) is 119 Å². The number of rotatable bonds is 6. The van der Waals surface area contributed by atoms with Crippen LogP contribution in [0.15, 0.2) is 97.1 Å². The number of ether oxygens (including phenoxy) is 4. The summed E-state index contributed by atoms with van der Waals surface area (Å²) < 4.78 is 24.9. The predicted octanol–water partition coefficient (Wildman–Crippen LogP) is 7.01. The summed E-state index contributed by atoms with van der Waals surface area (Å²) in [5.41, 5.74) is 3.65. The quantitative estimate of drug-likeness (QED) is 0.214. The molecule has 4 aromatic carbocycles. The van der Waals surface area contributed by atoms with E-state index in [9.17, 15) is 9.59 Å². The zero-order valence-electron chi connectivity index (χ0n) is 22.2. The molecule has 0 saturated heterocycles. The van der Waals surface area contributed by atoms with Gasteiger partial charge in [0.2, 0.25) is 6.79 Å². The molecule has 1 atom stereocenters. The van der Waals surface area contributed by atoms with E-state index in [4.69, 9.17) is 18.9 Å². The van der Waals surface area contributed by atoms with Gasteiger partial charge in [0, 0.05) is 16.6 Å². The summed E-state index contributed by atoms with van der Waals surface area (Å²) in [7, 11) is 0. The topological polar surface area (TPSA) is 76.0 Å². The number of hydrogen-bond acceptors (Lipinski definition) is 6. The molecule has 0 fully saturated rings. The van der Waals surface area contributed by atoms with Crippen molar-refractivity contribution in [1.82, 2.24) is 4.57 Å². The lowest BCUT2D eigenvalue weighted by atomic mass is 9.85. The van der Waals surface area contributed by atoms with Crippen LogP contribution in [0.4, 0.5) is 0 Å². The molecular formula is C34H27NO6. The molecule has 41 heavy (non-hydrogen) atoms. The van der Waals surface area contributed by atoms with Crippen molar-refractivity contribution in [2.75, 3.05) is 6.79 Å². The Bertz CT molecular complexity index is 1760. The molecular weight excluding hydrogens is 518 g/mol. The van der Waals surface area contributed by atoms with Crippen molar-refractivity contribution in [1.29, 1.82) is 0 Å². The van der Waals surface area contributed by atoms with E-state index in [0.29, 0.717) is 46.9 Å². The van der Waals surface area contributed by atoms with Gasteiger partial charge in [-0.2, -0.15) is 0 Å². The minimum absolute atomic E-state index is 0.122. The summed E-state index contributed by atoms with van der Waals surface area (Å²) in [4.78, 5) is 27.8. The Morgan fingerprint density at radius 3 is 2.46 bits per heavy atom. The molecule has 1 unspecified atom stereocenters. The Morgan fingerprint density at radius 1 is 0.854 bits per heavy atom. The first kappa shape index (κ1) is 25.0. The molecule has 0 saturated carbocycles. The van der Waals surface area contributed by atoms with Crippen molar-refractivity contribution in [3.63, 3.8) is 0 Å². The fraction of sp³-hybridized carbons (Fsp3) is 0.176. The zero-order chi connectivity index (χ0) is 27.8. The first-order chi connectivity index (χ1) is 20.2. The Morgan fingerprint density at radius 2 is 1.63 bits per heavy atom. The van der Waals surface area contributed by atoms with Crippen LogP contribution in [-0.4, -0.2) is 23.2 Å². The largest absolute Gasteiger partial charge is 0.460 e. The van der Waals surface area contributed by atoms with Gasteiger partial charge in [0.05, 0.1) is 11.4 Å². The molecule has 204 valence electrons. The highest BCUT2D eigenvalue weighted by molar-refractivity contribution is 6.07. The third kappa shape index (κ3) is 4.59. The zero-order valence-corrected chi connectivity index (χ0v) is 22.2. The highest BCUT2D eigenvalue weighted by Gasteiger charge is 2.36. The van der Waals surface area contributed by atoms with Gasteiger partial charge in [-0.3, -0.25) is 14.2 Å². The van der Waals surface area contributed by atoms with Gasteiger partial charge in [-0.15, -0.1) is 0 Å². The number of nitrogens with zero attached hydrogens (tertiary/aromatic N) is 1. The smallest absolute Gasteiger partial charge is 0.313 e. The first-order valence-corrected chi connectivity index (χ1v) is 13.7. The second-order valence-electron chi connectivity index (χ2n) is 10.2. The number of esters is 1. The number of para-hydroxylation sites is 2. The monoisotopic (exact) mass is 545 g/mol. The van der Waals surface area contributed by atoms with E-state index in [2.05, 4.69) is 0 Å². The summed E-state index contributed by atoms with van der Waals surface area (Å²) in [5.74, 6) is 1.31. The normalized spacial score (nSPS) is 15.4. The van der Waals surface area contributed by atoms with Crippen LogP contribution < -0.4 is 14.2 Å². The Balaban J connectivity index is 1.35. The fourth-order valence-electron chi connectivity index (χ4n) is 5.78. The second kappa shape index (κ2) is 10.5. The van der Waals surface area contributed by atoms with Crippen LogP contribution in [0, 0.1) is 0 Å². The molecule has 1 aliphatic carbocycles. The summed E-state index contributed by atoms with van der Waals surface area (Å²) in [6.07, 6.45) is 2.03. The number of hydrogen-bond donors (Lipinski definition) is 0. The van der Waals surface area contributed by atoms with E-state index >= 15 is 0 Å². The first-order valence-electron chi connectivity index (χ1n) is 13.7. The molecule has 7 rings (SSSR count). The summed E-state index contributed by atoms with van der Waals surface area (Å²) >= 11 is 0. The van der Waals surface area contributed by atoms with Gasteiger partial charge in [-0.05, 0) is 66.8 Å². The molecule has 7 nitrogen and oxygen atoms in total. The average molecular weight is 546 g/mol. The third-order valence-electron chi connectivity index (χ3n) is 7.65. The molecule has 0 amide bonds. The van der Waals surface area contributed by atoms with Gasteiger partial charge in [0.25, 0.3) is 5.91 Å². The van der Waals surface area contributed by atoms with Crippen LogP contribution in [0.25, 0.3) is 10.9 Å². The van der Waals surface area contributed by atoms with Crippen molar-refractivity contribution >= 4 is 22.8 Å². The lowest BCUT2D eigenvalue weighted by molar-refractivity contribution is -0.147. The molecule has 0 radical (unpaired) electrons. The molecule has 0 spiro atoms. The van der Waals surface area contributed by atoms with Crippen molar-refractivity contribution in [3.8, 4) is 23.0 Å². The standard InChI is InChI=1S/C34H27NO6/c36-33(23-17-18-28-30(19-23)40-21-39-28)35-27-15-7-14-26(34(37)38-20-22-9-3-1-4-10-22)31(27)25-13-8-16-29(32(25)35)41-24-11-5-2-6-12-24/h1-6,8-13,16-19,26H,7,14-15,20-21H2. The van der Waals surface area contributed by atoms with E-state index in [1.165, 1.54) is 0 Å². The number of carbonyl (C=O) groups is 2. The molecule has 2 aliphatic rings. The number of aromatic nitrogens is 1. The van der Waals surface area contributed by atoms with E-state index in [-0.39, 0.29) is 25.3 Å².